The van der Waals surface area contributed by atoms with Crippen molar-refractivity contribution in [2.75, 3.05) is 13.7 Å². The third-order valence-corrected chi connectivity index (χ3v) is 1.65. The summed E-state index contributed by atoms with van der Waals surface area (Å²) in [6, 6.07) is 0. The van der Waals surface area contributed by atoms with Crippen LogP contribution in [0.1, 0.15) is 6.42 Å². The van der Waals surface area contributed by atoms with Crippen LogP contribution in [0, 0.1) is 0 Å². The first kappa shape index (κ1) is 6.58. The number of methoxy groups -OCH3 is 1. The number of hydrogen-bond acceptors (Lipinski definition) is 1. The fourth-order valence-electron chi connectivity index (χ4n) is 0.246. The molecule has 0 aromatic carbocycles. The Kier molecular flexibility index (Phi) is 6.13. The van der Waals surface area contributed by atoms with E-state index in [1.54, 1.807) is 7.11 Å². The van der Waals surface area contributed by atoms with E-state index in [-0.39, 0.29) is 0 Å². The van der Waals surface area contributed by atoms with Gasteiger partial charge in [0.2, 0.25) is 0 Å². The Bertz CT molecular complexity index is 19.5. The van der Waals surface area contributed by atoms with E-state index in [4.69, 9.17) is 4.74 Å². The molecule has 0 aromatic rings. The van der Waals surface area contributed by atoms with Gasteiger partial charge in [0.25, 0.3) is 0 Å². The third-order valence-electron chi connectivity index (χ3n) is 0.598. The van der Waals surface area contributed by atoms with E-state index < -0.39 is 0 Å². The molecule has 0 atom stereocenters. The van der Waals surface area contributed by atoms with Gasteiger partial charge in [-0.3, -0.25) is 0 Å². The molecule has 0 bridgehead atoms. The molecule has 0 aliphatic carbocycles. The predicted octanol–water partition coefficient (Wildman–Crippen LogP) is 0.988. The van der Waals surface area contributed by atoms with Crippen molar-refractivity contribution in [3.63, 3.8) is 0 Å². The first-order chi connectivity index (χ1) is 2.91. The zero-order valence-corrected chi connectivity index (χ0v) is 7.20. The molecule has 0 N–H and O–H groups in total. The van der Waals surface area contributed by atoms with Crippen LogP contribution in [0.15, 0.2) is 0 Å². The maximum atomic E-state index is 4.80. The van der Waals surface area contributed by atoms with Gasteiger partial charge in [-0.2, -0.15) is 0 Å². The Labute approximate surface area is 48.7 Å². The topological polar surface area (TPSA) is 9.23 Å². The van der Waals surface area contributed by atoms with E-state index in [1.807, 2.05) is 0 Å². The van der Waals surface area contributed by atoms with Crippen LogP contribution in [0.3, 0.4) is 0 Å². The average molecular weight is 139 g/mol. The standard InChI is InChI=1S/C4H9O.Zn/c1-3-4-5-2;/h1,3-4H2,2H3;. The molecule has 0 spiro atoms. The molecule has 0 rings (SSSR count). The molecule has 0 aliphatic heterocycles. The van der Waals surface area contributed by atoms with Crippen LogP contribution >= 0.6 is 0 Å². The van der Waals surface area contributed by atoms with E-state index in [2.05, 4.69) is 0 Å². The molecular weight excluding hydrogens is 129 g/mol. The van der Waals surface area contributed by atoms with E-state index in [0.29, 0.717) is 0 Å². The van der Waals surface area contributed by atoms with Crippen LogP contribution in [0.5, 0.6) is 0 Å². The number of rotatable bonds is 3. The van der Waals surface area contributed by atoms with Gasteiger partial charge in [0.1, 0.15) is 0 Å². The fourth-order valence-corrected chi connectivity index (χ4v) is 0.675. The molecule has 0 amide bonds. The van der Waals surface area contributed by atoms with Crippen LogP contribution in [-0.4, -0.2) is 13.7 Å². The molecule has 0 heterocycles. The van der Waals surface area contributed by atoms with Gasteiger partial charge < -0.3 is 0 Å². The summed E-state index contributed by atoms with van der Waals surface area (Å²) in [5, 5.41) is 1.36. The van der Waals surface area contributed by atoms with Crippen molar-refractivity contribution in [2.24, 2.45) is 0 Å². The van der Waals surface area contributed by atoms with Crippen molar-refractivity contribution >= 4 is 0 Å². The molecule has 6 heavy (non-hydrogen) atoms. The van der Waals surface area contributed by atoms with E-state index in [1.165, 1.54) is 29.7 Å². The Morgan fingerprint density at radius 2 is 2.33 bits per heavy atom. The second kappa shape index (κ2) is 5.58. The summed E-state index contributed by atoms with van der Waals surface area (Å²) in [6.07, 6.45) is 1.25. The van der Waals surface area contributed by atoms with Crippen molar-refractivity contribution in [3.05, 3.63) is 0 Å². The van der Waals surface area contributed by atoms with Crippen LogP contribution < -0.4 is 0 Å². The SMILES string of the molecule is COCC[CH2][Zn]. The minimum absolute atomic E-state index is 0.944. The van der Waals surface area contributed by atoms with Crippen molar-refractivity contribution in [1.29, 1.82) is 0 Å². The molecule has 2 heteroatoms. The number of hydrogen-bond donors (Lipinski definition) is 0. The van der Waals surface area contributed by atoms with Crippen molar-refractivity contribution in [3.8, 4) is 0 Å². The predicted molar refractivity (Wildman–Crippen MR) is 21.3 cm³/mol. The summed E-state index contributed by atoms with van der Waals surface area (Å²) in [5.41, 5.74) is 0. The molecule has 33 valence electrons. The van der Waals surface area contributed by atoms with E-state index in [0.717, 1.165) is 6.61 Å². The Balaban J connectivity index is 2.34. The molecule has 0 unspecified atom stereocenters. The van der Waals surface area contributed by atoms with Gasteiger partial charge in [0.05, 0.1) is 0 Å². The fraction of sp³-hybridized carbons (Fsp3) is 1.00. The summed E-state index contributed by atoms with van der Waals surface area (Å²) >= 11 is 1.41. The van der Waals surface area contributed by atoms with Gasteiger partial charge in [0.15, 0.2) is 0 Å². The molecule has 0 fully saturated rings. The second-order valence-corrected chi connectivity index (χ2v) is 2.68. The zero-order chi connectivity index (χ0) is 4.83. The van der Waals surface area contributed by atoms with Gasteiger partial charge in [-0.25, -0.2) is 0 Å². The second-order valence-electron chi connectivity index (χ2n) is 1.20. The monoisotopic (exact) mass is 137 g/mol. The first-order valence-electron chi connectivity index (χ1n) is 2.20. The van der Waals surface area contributed by atoms with Gasteiger partial charge in [-0.1, -0.05) is 0 Å². The normalized spacial score (nSPS) is 9.17. The minimum atomic E-state index is 0.944. The van der Waals surface area contributed by atoms with Crippen LogP contribution in [-0.2, 0) is 23.0 Å². The molecule has 0 aromatic heterocycles. The van der Waals surface area contributed by atoms with Crippen molar-refractivity contribution in [2.45, 2.75) is 11.4 Å². The van der Waals surface area contributed by atoms with Crippen molar-refractivity contribution in [1.82, 2.24) is 0 Å². The van der Waals surface area contributed by atoms with Gasteiger partial charge >= 0.3 is 48.2 Å². The van der Waals surface area contributed by atoms with Gasteiger partial charge in [-0.15, -0.1) is 0 Å². The first-order valence-corrected chi connectivity index (χ1v) is 4.29. The summed E-state index contributed by atoms with van der Waals surface area (Å²) < 4.78 is 4.80. The maximum absolute atomic E-state index is 4.80. The molecule has 1 nitrogen and oxygen atoms in total. The molecule has 0 saturated carbocycles. The summed E-state index contributed by atoms with van der Waals surface area (Å²) in [7, 11) is 1.75. The Morgan fingerprint density at radius 3 is 2.50 bits per heavy atom. The molecular formula is C4H9OZn. The average Bonchev–Trinajstić information content (AvgIpc) is 1.61. The van der Waals surface area contributed by atoms with Gasteiger partial charge in [-0.05, 0) is 0 Å². The van der Waals surface area contributed by atoms with E-state index in [9.17, 15) is 0 Å². The van der Waals surface area contributed by atoms with Crippen LogP contribution in [0.2, 0.25) is 5.02 Å². The van der Waals surface area contributed by atoms with E-state index >= 15 is 0 Å². The number of ether oxygens (including phenoxy) is 1. The summed E-state index contributed by atoms with van der Waals surface area (Å²) in [6.45, 7) is 0.944. The molecule has 0 aliphatic rings. The Hall–Kier alpha value is 0.583. The molecule has 0 radical (unpaired) electrons. The van der Waals surface area contributed by atoms with Gasteiger partial charge in [0, 0.05) is 0 Å². The summed E-state index contributed by atoms with van der Waals surface area (Å²) in [5.74, 6) is 0. The van der Waals surface area contributed by atoms with Crippen molar-refractivity contribution < 1.29 is 23.0 Å². The summed E-state index contributed by atoms with van der Waals surface area (Å²) in [4.78, 5) is 0. The van der Waals surface area contributed by atoms with Crippen LogP contribution in [0.25, 0.3) is 0 Å². The zero-order valence-electron chi connectivity index (χ0n) is 4.24. The Morgan fingerprint density at radius 1 is 1.67 bits per heavy atom. The third kappa shape index (κ3) is 4.58. The quantitative estimate of drug-likeness (QED) is 0.418. The van der Waals surface area contributed by atoms with Crippen LogP contribution in [0.4, 0.5) is 0 Å². The molecule has 0 saturated heterocycles.